The highest BCUT2D eigenvalue weighted by Gasteiger charge is 2.49. The zero-order chi connectivity index (χ0) is 23.8. The molecule has 7 heteroatoms. The molecule has 1 heterocycles. The average molecular weight is 449 g/mol. The molecule has 1 aliphatic heterocycles. The molecule has 2 atom stereocenters. The molecule has 0 unspecified atom stereocenters. The van der Waals surface area contributed by atoms with E-state index in [0.717, 1.165) is 32.5 Å². The molecule has 0 aromatic heterocycles. The number of para-hydroxylation sites is 1. The number of aliphatic hydroxyl groups excluding tert-OH is 1. The minimum atomic E-state index is -1.22. The van der Waals surface area contributed by atoms with E-state index in [-0.39, 0.29) is 13.2 Å². The van der Waals surface area contributed by atoms with Crippen LogP contribution in [0, 0.1) is 13.8 Å². The minimum Gasteiger partial charge on any atom is -0.497 e. The van der Waals surface area contributed by atoms with Crippen molar-refractivity contribution in [2.24, 2.45) is 0 Å². The van der Waals surface area contributed by atoms with Gasteiger partial charge >= 0.3 is 6.03 Å². The molecule has 0 radical (unpaired) electrons. The van der Waals surface area contributed by atoms with Crippen molar-refractivity contribution in [1.82, 2.24) is 10.2 Å². The molecule has 0 bridgehead atoms. The number of carbonyl (C=O) groups is 2. The van der Waals surface area contributed by atoms with Crippen molar-refractivity contribution in [2.45, 2.75) is 32.4 Å². The standard InChI is InChI=1S/C26H28N2O5/c1-16-6-5-7-17(2)23(16)33-15-21(29)14-28-24(30)26(3,27-25(28)31)20-10-8-19-13-22(32-4)11-9-18(19)12-20/h5-13,21,29H,14-15H2,1-4H3,(H,27,31)/t21-,26+/m0/s1. The summed E-state index contributed by atoms with van der Waals surface area (Å²) in [6.07, 6.45) is -1.02. The third kappa shape index (κ3) is 4.24. The predicted octanol–water partition coefficient (Wildman–Crippen LogP) is 3.67. The van der Waals surface area contributed by atoms with E-state index in [1.54, 1.807) is 14.0 Å². The first kappa shape index (κ1) is 22.6. The number of rotatable bonds is 7. The summed E-state index contributed by atoms with van der Waals surface area (Å²) in [5, 5.41) is 15.2. The number of carbonyl (C=O) groups excluding carboxylic acids is 2. The predicted molar refractivity (Wildman–Crippen MR) is 126 cm³/mol. The van der Waals surface area contributed by atoms with Gasteiger partial charge in [-0.2, -0.15) is 0 Å². The smallest absolute Gasteiger partial charge is 0.325 e. The molecular formula is C26H28N2O5. The molecule has 7 nitrogen and oxygen atoms in total. The van der Waals surface area contributed by atoms with Crippen LogP contribution in [0.3, 0.4) is 0 Å². The van der Waals surface area contributed by atoms with Crippen molar-refractivity contribution < 1.29 is 24.2 Å². The van der Waals surface area contributed by atoms with Crippen LogP contribution in [0.4, 0.5) is 4.79 Å². The first-order valence-electron chi connectivity index (χ1n) is 10.8. The van der Waals surface area contributed by atoms with Crippen LogP contribution in [0.25, 0.3) is 10.8 Å². The van der Waals surface area contributed by atoms with E-state index in [0.29, 0.717) is 11.3 Å². The molecule has 4 rings (SSSR count). The van der Waals surface area contributed by atoms with Crippen LogP contribution in [0.2, 0.25) is 0 Å². The second kappa shape index (κ2) is 8.75. The Morgan fingerprint density at radius 2 is 1.70 bits per heavy atom. The Balaban J connectivity index is 1.49. The molecular weight excluding hydrogens is 420 g/mol. The van der Waals surface area contributed by atoms with Crippen LogP contribution in [0.15, 0.2) is 54.6 Å². The highest BCUT2D eigenvalue weighted by atomic mass is 16.5. The van der Waals surface area contributed by atoms with Crippen LogP contribution in [-0.4, -0.2) is 48.3 Å². The Labute approximate surface area is 192 Å². The largest absolute Gasteiger partial charge is 0.497 e. The van der Waals surface area contributed by atoms with Crippen molar-refractivity contribution in [2.75, 3.05) is 20.3 Å². The molecule has 0 spiro atoms. The van der Waals surface area contributed by atoms with Gasteiger partial charge in [-0.1, -0.05) is 36.4 Å². The SMILES string of the molecule is COc1ccc2cc([C@@]3(C)NC(=O)N(C[C@H](O)COc4c(C)cccc4C)C3=O)ccc2c1. The van der Waals surface area contributed by atoms with Crippen LogP contribution in [0.5, 0.6) is 11.5 Å². The minimum absolute atomic E-state index is 0.0305. The van der Waals surface area contributed by atoms with Gasteiger partial charge < -0.3 is 19.9 Å². The number of imide groups is 1. The highest BCUT2D eigenvalue weighted by Crippen LogP contribution is 2.32. The highest BCUT2D eigenvalue weighted by molar-refractivity contribution is 6.07. The third-order valence-electron chi connectivity index (χ3n) is 6.12. The fraction of sp³-hybridized carbons (Fsp3) is 0.308. The number of hydrogen-bond donors (Lipinski definition) is 2. The number of methoxy groups -OCH3 is 1. The molecule has 33 heavy (non-hydrogen) atoms. The van der Waals surface area contributed by atoms with Gasteiger partial charge in [0.25, 0.3) is 5.91 Å². The van der Waals surface area contributed by atoms with E-state index in [1.165, 1.54) is 0 Å². The van der Waals surface area contributed by atoms with Gasteiger partial charge in [0.15, 0.2) is 0 Å². The van der Waals surface area contributed by atoms with Crippen LogP contribution in [-0.2, 0) is 10.3 Å². The van der Waals surface area contributed by atoms with E-state index in [4.69, 9.17) is 9.47 Å². The zero-order valence-corrected chi connectivity index (χ0v) is 19.2. The summed E-state index contributed by atoms with van der Waals surface area (Å²) in [6, 6.07) is 16.5. The number of aliphatic hydroxyl groups is 1. The molecule has 1 saturated heterocycles. The maximum atomic E-state index is 13.3. The topological polar surface area (TPSA) is 88.1 Å². The number of nitrogens with zero attached hydrogens (tertiary/aromatic N) is 1. The molecule has 172 valence electrons. The van der Waals surface area contributed by atoms with Crippen LogP contribution in [0.1, 0.15) is 23.6 Å². The van der Waals surface area contributed by atoms with E-state index in [1.807, 2.05) is 68.4 Å². The third-order valence-corrected chi connectivity index (χ3v) is 6.12. The second-order valence-electron chi connectivity index (χ2n) is 8.58. The van der Waals surface area contributed by atoms with Gasteiger partial charge in [-0.15, -0.1) is 0 Å². The van der Waals surface area contributed by atoms with Crippen molar-refractivity contribution >= 4 is 22.7 Å². The molecule has 3 amide bonds. The fourth-order valence-electron chi connectivity index (χ4n) is 4.19. The van der Waals surface area contributed by atoms with Crippen molar-refractivity contribution in [3.63, 3.8) is 0 Å². The van der Waals surface area contributed by atoms with E-state index >= 15 is 0 Å². The van der Waals surface area contributed by atoms with Crippen molar-refractivity contribution in [1.29, 1.82) is 0 Å². The normalized spacial score (nSPS) is 19.0. The first-order chi connectivity index (χ1) is 15.7. The maximum Gasteiger partial charge on any atom is 0.325 e. The Bertz CT molecular complexity index is 1200. The lowest BCUT2D eigenvalue weighted by molar-refractivity contribution is -0.132. The van der Waals surface area contributed by atoms with Crippen molar-refractivity contribution in [3.05, 3.63) is 71.3 Å². The zero-order valence-electron chi connectivity index (χ0n) is 19.2. The van der Waals surface area contributed by atoms with E-state index in [9.17, 15) is 14.7 Å². The number of benzene rings is 3. The summed E-state index contributed by atoms with van der Waals surface area (Å²) in [5.74, 6) is 1.04. The number of β-amino-alcohol motifs (C(OH)–C–C–N with tert-alkyl or cyclic N) is 1. The van der Waals surface area contributed by atoms with Gasteiger partial charge in [0, 0.05) is 0 Å². The second-order valence-corrected chi connectivity index (χ2v) is 8.58. The number of ether oxygens (including phenoxy) is 2. The number of urea groups is 1. The lowest BCUT2D eigenvalue weighted by Gasteiger charge is -2.24. The molecule has 0 aliphatic carbocycles. The van der Waals surface area contributed by atoms with Gasteiger partial charge in [-0.25, -0.2) is 4.79 Å². The maximum absolute atomic E-state index is 13.3. The summed E-state index contributed by atoms with van der Waals surface area (Å²) in [5.41, 5.74) is 1.36. The van der Waals surface area contributed by atoms with Gasteiger partial charge in [0.2, 0.25) is 0 Å². The van der Waals surface area contributed by atoms with Gasteiger partial charge in [0.05, 0.1) is 13.7 Å². The Kier molecular flexibility index (Phi) is 5.99. The number of amides is 3. The molecule has 1 fully saturated rings. The van der Waals surface area contributed by atoms with Gasteiger partial charge in [-0.05, 0) is 66.4 Å². The molecule has 2 N–H and O–H groups in total. The number of fused-ring (bicyclic) bond motifs is 1. The van der Waals surface area contributed by atoms with Gasteiger partial charge in [-0.3, -0.25) is 9.69 Å². The number of nitrogens with one attached hydrogen (secondary N) is 1. The summed E-state index contributed by atoms with van der Waals surface area (Å²) < 4.78 is 11.0. The lowest BCUT2D eigenvalue weighted by atomic mass is 9.90. The Morgan fingerprint density at radius 1 is 1.03 bits per heavy atom. The number of aryl methyl sites for hydroxylation is 2. The average Bonchev–Trinajstić information content (AvgIpc) is 3.01. The lowest BCUT2D eigenvalue weighted by Crippen LogP contribution is -2.42. The van der Waals surface area contributed by atoms with Crippen LogP contribution >= 0.6 is 0 Å². The fourth-order valence-corrected chi connectivity index (χ4v) is 4.19. The van der Waals surface area contributed by atoms with Crippen molar-refractivity contribution in [3.8, 4) is 11.5 Å². The van der Waals surface area contributed by atoms with E-state index in [2.05, 4.69) is 5.32 Å². The summed E-state index contributed by atoms with van der Waals surface area (Å²) in [4.78, 5) is 27.0. The first-order valence-corrected chi connectivity index (χ1v) is 10.8. The molecule has 3 aromatic rings. The Hall–Kier alpha value is -3.58. The summed E-state index contributed by atoms with van der Waals surface area (Å²) >= 11 is 0. The summed E-state index contributed by atoms with van der Waals surface area (Å²) in [6.45, 7) is 5.35. The molecule has 0 saturated carbocycles. The molecule has 3 aromatic carbocycles. The summed E-state index contributed by atoms with van der Waals surface area (Å²) in [7, 11) is 1.61. The van der Waals surface area contributed by atoms with Crippen LogP contribution < -0.4 is 14.8 Å². The monoisotopic (exact) mass is 448 g/mol. The quantitative estimate of drug-likeness (QED) is 0.539. The Morgan fingerprint density at radius 3 is 2.39 bits per heavy atom. The van der Waals surface area contributed by atoms with E-state index < -0.39 is 23.6 Å². The van der Waals surface area contributed by atoms with Gasteiger partial charge in [0.1, 0.15) is 29.7 Å². The number of hydrogen-bond acceptors (Lipinski definition) is 5. The molecule has 1 aliphatic rings.